The zero-order valence-corrected chi connectivity index (χ0v) is 11.2. The maximum atomic E-state index is 11.8. The highest BCUT2D eigenvalue weighted by molar-refractivity contribution is 5.80. The first-order chi connectivity index (χ1) is 8.49. The van der Waals surface area contributed by atoms with Crippen molar-refractivity contribution in [2.75, 3.05) is 19.7 Å². The van der Waals surface area contributed by atoms with Gasteiger partial charge in [0.05, 0.1) is 12.7 Å². The fourth-order valence-electron chi connectivity index (χ4n) is 2.21. The summed E-state index contributed by atoms with van der Waals surface area (Å²) in [5, 5.41) is 0. The van der Waals surface area contributed by atoms with E-state index < -0.39 is 12.0 Å². The molecule has 1 fully saturated rings. The Kier molecular flexibility index (Phi) is 5.55. The molecule has 0 aliphatic carbocycles. The number of ether oxygens (including phenoxy) is 2. The number of hydrogen-bond donors (Lipinski definition) is 1. The Morgan fingerprint density at radius 3 is 2.61 bits per heavy atom. The molecular weight excluding hydrogens is 236 g/mol. The van der Waals surface area contributed by atoms with Crippen LogP contribution in [0, 0.1) is 0 Å². The van der Waals surface area contributed by atoms with Gasteiger partial charge in [0.1, 0.15) is 12.1 Å². The van der Waals surface area contributed by atoms with Gasteiger partial charge < -0.3 is 15.2 Å². The molecule has 1 saturated heterocycles. The zero-order chi connectivity index (χ0) is 13.7. The number of amides is 1. The number of carbonyl (C=O) groups excluding carboxylic acids is 2. The first-order valence-electron chi connectivity index (χ1n) is 6.35. The van der Waals surface area contributed by atoms with Crippen LogP contribution in [-0.2, 0) is 19.1 Å². The maximum Gasteiger partial charge on any atom is 0.323 e. The molecule has 0 saturated carbocycles. The van der Waals surface area contributed by atoms with E-state index in [1.807, 2.05) is 18.7 Å². The maximum absolute atomic E-state index is 11.8. The van der Waals surface area contributed by atoms with Crippen molar-refractivity contribution >= 4 is 11.9 Å². The smallest absolute Gasteiger partial charge is 0.323 e. The fraction of sp³-hybridized carbons (Fsp3) is 0.833. The van der Waals surface area contributed by atoms with Gasteiger partial charge >= 0.3 is 5.97 Å². The van der Waals surface area contributed by atoms with Gasteiger partial charge in [-0.2, -0.15) is 0 Å². The summed E-state index contributed by atoms with van der Waals surface area (Å²) in [7, 11) is 0. The lowest BCUT2D eigenvalue weighted by Gasteiger charge is -2.38. The van der Waals surface area contributed by atoms with Crippen molar-refractivity contribution in [2.24, 2.45) is 5.73 Å². The average molecular weight is 258 g/mol. The van der Waals surface area contributed by atoms with Crippen LogP contribution >= 0.6 is 0 Å². The first-order valence-corrected chi connectivity index (χ1v) is 6.35. The molecule has 1 rings (SSSR count). The molecule has 104 valence electrons. The largest absolute Gasteiger partial charge is 0.465 e. The number of morpholine rings is 1. The highest BCUT2D eigenvalue weighted by Crippen LogP contribution is 2.16. The molecule has 0 radical (unpaired) electrons. The molecule has 2 N–H and O–H groups in total. The van der Waals surface area contributed by atoms with Crippen LogP contribution in [0.25, 0.3) is 0 Å². The van der Waals surface area contributed by atoms with Gasteiger partial charge in [0.2, 0.25) is 5.91 Å². The number of esters is 1. The van der Waals surface area contributed by atoms with Gasteiger partial charge in [-0.1, -0.05) is 6.92 Å². The van der Waals surface area contributed by atoms with Crippen molar-refractivity contribution in [3.8, 4) is 0 Å². The summed E-state index contributed by atoms with van der Waals surface area (Å²) in [6.07, 6.45) is -0.145. The van der Waals surface area contributed by atoms with Gasteiger partial charge in [-0.05, 0) is 20.3 Å². The van der Waals surface area contributed by atoms with Crippen LogP contribution in [0.5, 0.6) is 0 Å². The van der Waals surface area contributed by atoms with E-state index in [1.165, 1.54) is 0 Å². The van der Waals surface area contributed by atoms with Gasteiger partial charge in [-0.25, -0.2) is 0 Å². The van der Waals surface area contributed by atoms with Gasteiger partial charge in [-0.3, -0.25) is 14.5 Å². The topological polar surface area (TPSA) is 81.9 Å². The van der Waals surface area contributed by atoms with Crippen molar-refractivity contribution in [3.05, 3.63) is 0 Å². The number of hydrogen-bond acceptors (Lipinski definition) is 5. The van der Waals surface area contributed by atoms with Crippen LogP contribution in [0.15, 0.2) is 0 Å². The second-order valence-corrected chi connectivity index (χ2v) is 4.47. The number of rotatable bonds is 5. The molecule has 0 aromatic carbocycles. The van der Waals surface area contributed by atoms with E-state index in [0.29, 0.717) is 26.1 Å². The monoisotopic (exact) mass is 258 g/mol. The van der Waals surface area contributed by atoms with E-state index in [1.54, 1.807) is 6.92 Å². The second kappa shape index (κ2) is 6.70. The third-order valence-electron chi connectivity index (χ3n) is 2.99. The Morgan fingerprint density at radius 2 is 2.11 bits per heavy atom. The van der Waals surface area contributed by atoms with Gasteiger partial charge in [-0.15, -0.1) is 0 Å². The van der Waals surface area contributed by atoms with Crippen LogP contribution in [0.4, 0.5) is 0 Å². The highest BCUT2D eigenvalue weighted by Gasteiger charge is 2.35. The molecule has 1 aliphatic heterocycles. The van der Waals surface area contributed by atoms with Crippen LogP contribution < -0.4 is 5.73 Å². The van der Waals surface area contributed by atoms with E-state index in [-0.39, 0.29) is 18.1 Å². The SMILES string of the molecule is CCOC(=O)[C@H](CC)N1C[C@@H](C)O[C@@H](C(N)=O)C1. The van der Waals surface area contributed by atoms with Crippen LogP contribution in [0.3, 0.4) is 0 Å². The Hall–Kier alpha value is -1.14. The Morgan fingerprint density at radius 1 is 1.44 bits per heavy atom. The third kappa shape index (κ3) is 3.68. The highest BCUT2D eigenvalue weighted by atomic mass is 16.5. The van der Waals surface area contributed by atoms with Gasteiger partial charge in [0, 0.05) is 13.1 Å². The summed E-state index contributed by atoms with van der Waals surface area (Å²) in [5.41, 5.74) is 5.26. The van der Waals surface area contributed by atoms with Gasteiger partial charge in [0.25, 0.3) is 0 Å². The first kappa shape index (κ1) is 14.9. The molecular formula is C12H22N2O4. The number of nitrogens with two attached hydrogens (primary N) is 1. The van der Waals surface area contributed by atoms with Crippen molar-refractivity contribution in [1.82, 2.24) is 4.90 Å². The van der Waals surface area contributed by atoms with Crippen molar-refractivity contribution in [3.63, 3.8) is 0 Å². The summed E-state index contributed by atoms with van der Waals surface area (Å²) in [6.45, 7) is 6.85. The molecule has 0 aromatic rings. The lowest BCUT2D eigenvalue weighted by molar-refractivity contribution is -0.160. The number of carbonyl (C=O) groups is 2. The summed E-state index contributed by atoms with van der Waals surface area (Å²) in [4.78, 5) is 25.0. The summed E-state index contributed by atoms with van der Waals surface area (Å²) >= 11 is 0. The minimum Gasteiger partial charge on any atom is -0.465 e. The molecule has 0 unspecified atom stereocenters. The van der Waals surface area contributed by atoms with Crippen molar-refractivity contribution in [1.29, 1.82) is 0 Å². The van der Waals surface area contributed by atoms with E-state index in [9.17, 15) is 9.59 Å². The standard InChI is InChI=1S/C12H22N2O4/c1-4-9(12(16)17-5-2)14-6-8(3)18-10(7-14)11(13)15/h8-10H,4-7H2,1-3H3,(H2,13,15)/t8-,9+,10-/m1/s1. The minimum atomic E-state index is -0.655. The lowest BCUT2D eigenvalue weighted by atomic mass is 10.1. The Bertz CT molecular complexity index is 308. The number of nitrogens with zero attached hydrogens (tertiary/aromatic N) is 1. The van der Waals surface area contributed by atoms with Crippen molar-refractivity contribution < 1.29 is 19.1 Å². The number of primary amides is 1. The molecule has 6 nitrogen and oxygen atoms in total. The minimum absolute atomic E-state index is 0.125. The molecule has 1 aliphatic rings. The molecule has 3 atom stereocenters. The third-order valence-corrected chi connectivity index (χ3v) is 2.99. The summed E-state index contributed by atoms with van der Waals surface area (Å²) < 4.78 is 10.5. The second-order valence-electron chi connectivity index (χ2n) is 4.47. The van der Waals surface area contributed by atoms with Crippen LogP contribution in [0.2, 0.25) is 0 Å². The summed E-state index contributed by atoms with van der Waals surface area (Å²) in [5.74, 6) is -0.748. The van der Waals surface area contributed by atoms with Crippen LogP contribution in [-0.4, -0.2) is 54.7 Å². The molecule has 1 amide bonds. The van der Waals surface area contributed by atoms with E-state index in [4.69, 9.17) is 15.2 Å². The quantitative estimate of drug-likeness (QED) is 0.696. The molecule has 0 aromatic heterocycles. The van der Waals surface area contributed by atoms with E-state index in [2.05, 4.69) is 0 Å². The molecule has 1 heterocycles. The van der Waals surface area contributed by atoms with E-state index in [0.717, 1.165) is 0 Å². The molecule has 6 heteroatoms. The lowest BCUT2D eigenvalue weighted by Crippen LogP contribution is -2.56. The molecule has 0 bridgehead atoms. The summed E-state index contributed by atoms with van der Waals surface area (Å²) in [6, 6.07) is -0.335. The Balaban J connectivity index is 2.72. The normalized spacial score (nSPS) is 26.6. The predicted molar refractivity (Wildman–Crippen MR) is 65.8 cm³/mol. The molecule has 0 spiro atoms. The fourth-order valence-corrected chi connectivity index (χ4v) is 2.21. The Labute approximate surface area is 107 Å². The van der Waals surface area contributed by atoms with E-state index >= 15 is 0 Å². The zero-order valence-electron chi connectivity index (χ0n) is 11.2. The van der Waals surface area contributed by atoms with Crippen LogP contribution in [0.1, 0.15) is 27.2 Å². The van der Waals surface area contributed by atoms with Gasteiger partial charge in [0.15, 0.2) is 0 Å². The predicted octanol–water partition coefficient (Wildman–Crippen LogP) is -0.0973. The van der Waals surface area contributed by atoms with Crippen molar-refractivity contribution in [2.45, 2.75) is 45.4 Å². The average Bonchev–Trinajstić information content (AvgIpc) is 2.29. The molecule has 18 heavy (non-hydrogen) atoms.